The van der Waals surface area contributed by atoms with E-state index in [0.717, 1.165) is 38.8 Å². The Morgan fingerprint density at radius 3 is 3.00 bits per heavy atom. The number of nitrogens with one attached hydrogen (secondary N) is 2. The topological polar surface area (TPSA) is 50.4 Å². The van der Waals surface area contributed by atoms with Crippen molar-refractivity contribution in [3.05, 3.63) is 0 Å². The lowest BCUT2D eigenvalue weighted by molar-refractivity contribution is -0.125. The Hall–Kier alpha value is -0.610. The van der Waals surface area contributed by atoms with E-state index < -0.39 is 0 Å². The van der Waals surface area contributed by atoms with Crippen LogP contribution in [0.4, 0.5) is 0 Å². The number of amides is 1. The van der Waals surface area contributed by atoms with Crippen LogP contribution in [0.5, 0.6) is 0 Å². The van der Waals surface area contributed by atoms with Crippen LogP contribution in [0, 0.1) is 0 Å². The minimum absolute atomic E-state index is 0.155. The maximum absolute atomic E-state index is 11.9. The lowest BCUT2D eigenvalue weighted by Crippen LogP contribution is -2.47. The molecule has 0 aromatic heterocycles. The predicted molar refractivity (Wildman–Crippen MR) is 66.8 cm³/mol. The number of hydrogen-bond acceptors (Lipinski definition) is 3. The number of carbonyl (C=O) groups excluding carboxylic acids is 1. The molecule has 4 heteroatoms. The molecular weight excluding hydrogens is 216 g/mol. The van der Waals surface area contributed by atoms with Gasteiger partial charge in [-0.05, 0) is 45.6 Å². The second kappa shape index (κ2) is 6.36. The summed E-state index contributed by atoms with van der Waals surface area (Å²) in [6.45, 7) is 4.00. The number of piperidine rings is 1. The second-order valence-corrected chi connectivity index (χ2v) is 5.34. The zero-order chi connectivity index (χ0) is 12.1. The average molecular weight is 240 g/mol. The van der Waals surface area contributed by atoms with Gasteiger partial charge in [-0.1, -0.05) is 0 Å². The molecule has 0 bridgehead atoms. The van der Waals surface area contributed by atoms with E-state index in [1.807, 2.05) is 0 Å². The number of rotatable bonds is 3. The van der Waals surface area contributed by atoms with Gasteiger partial charge in [-0.15, -0.1) is 0 Å². The van der Waals surface area contributed by atoms with E-state index in [9.17, 15) is 4.79 Å². The Morgan fingerprint density at radius 1 is 1.41 bits per heavy atom. The highest BCUT2D eigenvalue weighted by atomic mass is 16.5. The van der Waals surface area contributed by atoms with E-state index in [1.54, 1.807) is 0 Å². The minimum atomic E-state index is 0.155. The van der Waals surface area contributed by atoms with E-state index in [-0.39, 0.29) is 12.0 Å². The first-order chi connectivity index (χ1) is 8.24. The number of hydrogen-bond donors (Lipinski definition) is 2. The molecule has 17 heavy (non-hydrogen) atoms. The van der Waals surface area contributed by atoms with Gasteiger partial charge in [0.1, 0.15) is 0 Å². The molecule has 4 nitrogen and oxygen atoms in total. The first-order valence-corrected chi connectivity index (χ1v) is 6.88. The van der Waals surface area contributed by atoms with E-state index in [4.69, 9.17) is 4.74 Å². The summed E-state index contributed by atoms with van der Waals surface area (Å²) in [4.78, 5) is 11.9. The van der Waals surface area contributed by atoms with Crippen LogP contribution in [0.1, 0.15) is 45.4 Å². The fraction of sp³-hybridized carbons (Fsp3) is 0.923. The Balaban J connectivity index is 1.68. The summed E-state index contributed by atoms with van der Waals surface area (Å²) < 4.78 is 5.59. The first kappa shape index (κ1) is 12.8. The molecule has 2 rings (SSSR count). The van der Waals surface area contributed by atoms with Gasteiger partial charge in [0.2, 0.25) is 5.91 Å². The lowest BCUT2D eigenvalue weighted by atomic mass is 10.00. The van der Waals surface area contributed by atoms with Crippen LogP contribution in [-0.4, -0.2) is 37.2 Å². The largest absolute Gasteiger partial charge is 0.378 e. The Morgan fingerprint density at radius 2 is 2.29 bits per heavy atom. The highest BCUT2D eigenvalue weighted by Gasteiger charge is 2.22. The molecule has 2 aliphatic heterocycles. The molecular formula is C13H24N2O2. The molecule has 98 valence electrons. The second-order valence-electron chi connectivity index (χ2n) is 5.34. The number of carbonyl (C=O) groups is 1. The normalized spacial score (nSPS) is 34.3. The van der Waals surface area contributed by atoms with Crippen molar-refractivity contribution < 1.29 is 9.53 Å². The van der Waals surface area contributed by atoms with Crippen LogP contribution in [0.25, 0.3) is 0 Å². The molecule has 0 aromatic carbocycles. The van der Waals surface area contributed by atoms with Gasteiger partial charge in [-0.25, -0.2) is 0 Å². The van der Waals surface area contributed by atoms with Gasteiger partial charge in [0.15, 0.2) is 0 Å². The monoisotopic (exact) mass is 240 g/mol. The van der Waals surface area contributed by atoms with Crippen molar-refractivity contribution in [2.75, 3.05) is 13.2 Å². The zero-order valence-corrected chi connectivity index (χ0v) is 10.7. The van der Waals surface area contributed by atoms with Crippen molar-refractivity contribution in [2.45, 2.75) is 63.6 Å². The summed E-state index contributed by atoms with van der Waals surface area (Å²) in [6, 6.07) is 0.863. The molecule has 1 amide bonds. The highest BCUT2D eigenvalue weighted by Crippen LogP contribution is 2.16. The smallest absolute Gasteiger partial charge is 0.222 e. The molecule has 2 saturated heterocycles. The molecule has 0 saturated carbocycles. The van der Waals surface area contributed by atoms with Gasteiger partial charge in [0.05, 0.1) is 12.5 Å². The molecule has 2 heterocycles. The van der Waals surface area contributed by atoms with Crippen LogP contribution in [-0.2, 0) is 9.53 Å². The van der Waals surface area contributed by atoms with Crippen molar-refractivity contribution in [3.63, 3.8) is 0 Å². The molecule has 0 spiro atoms. The number of ether oxygens (including phenoxy) is 1. The Bertz CT molecular complexity index is 252. The van der Waals surface area contributed by atoms with Crippen LogP contribution in [0.2, 0.25) is 0 Å². The summed E-state index contributed by atoms with van der Waals surface area (Å²) in [5, 5.41) is 6.53. The molecule has 2 N–H and O–H groups in total. The van der Waals surface area contributed by atoms with Gasteiger partial charge >= 0.3 is 0 Å². The van der Waals surface area contributed by atoms with Crippen molar-refractivity contribution >= 4 is 5.91 Å². The molecule has 2 fully saturated rings. The maximum atomic E-state index is 11.9. The fourth-order valence-corrected chi connectivity index (χ4v) is 2.72. The summed E-state index contributed by atoms with van der Waals surface area (Å²) in [7, 11) is 0. The molecule has 0 aromatic rings. The van der Waals surface area contributed by atoms with Gasteiger partial charge < -0.3 is 15.4 Å². The highest BCUT2D eigenvalue weighted by molar-refractivity contribution is 5.76. The van der Waals surface area contributed by atoms with Crippen molar-refractivity contribution in [3.8, 4) is 0 Å². The molecule has 3 atom stereocenters. The van der Waals surface area contributed by atoms with Gasteiger partial charge in [0, 0.05) is 18.7 Å². The Kier molecular flexibility index (Phi) is 4.80. The summed E-state index contributed by atoms with van der Waals surface area (Å²) >= 11 is 0. The van der Waals surface area contributed by atoms with Crippen LogP contribution in [0.15, 0.2) is 0 Å². The fourth-order valence-electron chi connectivity index (χ4n) is 2.72. The maximum Gasteiger partial charge on any atom is 0.222 e. The standard InChI is InChI=1S/C13H24N2O2/c1-10-8-11(5-6-14-10)15-13(16)9-12-4-2-3-7-17-12/h10-12,14H,2-9H2,1H3,(H,15,16). The minimum Gasteiger partial charge on any atom is -0.378 e. The molecule has 2 aliphatic rings. The van der Waals surface area contributed by atoms with Crippen LogP contribution < -0.4 is 10.6 Å². The third-order valence-electron chi connectivity index (χ3n) is 3.68. The summed E-state index contributed by atoms with van der Waals surface area (Å²) in [6.07, 6.45) is 6.15. The first-order valence-electron chi connectivity index (χ1n) is 6.88. The van der Waals surface area contributed by atoms with Crippen molar-refractivity contribution in [1.82, 2.24) is 10.6 Å². The average Bonchev–Trinajstić information content (AvgIpc) is 2.30. The summed E-state index contributed by atoms with van der Waals surface area (Å²) in [5.41, 5.74) is 0. The third kappa shape index (κ3) is 4.28. The molecule has 0 aliphatic carbocycles. The van der Waals surface area contributed by atoms with Crippen molar-refractivity contribution in [1.29, 1.82) is 0 Å². The summed E-state index contributed by atoms with van der Waals surface area (Å²) in [5.74, 6) is 0.163. The molecule has 0 radical (unpaired) electrons. The molecule has 3 unspecified atom stereocenters. The van der Waals surface area contributed by atoms with Crippen molar-refractivity contribution in [2.24, 2.45) is 0 Å². The quantitative estimate of drug-likeness (QED) is 0.779. The van der Waals surface area contributed by atoms with Gasteiger partial charge in [-0.2, -0.15) is 0 Å². The van der Waals surface area contributed by atoms with Crippen LogP contribution in [0.3, 0.4) is 0 Å². The zero-order valence-electron chi connectivity index (χ0n) is 10.7. The Labute approximate surface area is 103 Å². The van der Waals surface area contributed by atoms with E-state index in [2.05, 4.69) is 17.6 Å². The SMILES string of the molecule is CC1CC(NC(=O)CC2CCCCO2)CCN1. The van der Waals surface area contributed by atoms with Gasteiger partial charge in [-0.3, -0.25) is 4.79 Å². The predicted octanol–water partition coefficient (Wildman–Crippen LogP) is 1.20. The van der Waals surface area contributed by atoms with Gasteiger partial charge in [0.25, 0.3) is 0 Å². The van der Waals surface area contributed by atoms with E-state index in [1.165, 1.54) is 6.42 Å². The lowest BCUT2D eigenvalue weighted by Gasteiger charge is -2.29. The van der Waals surface area contributed by atoms with E-state index in [0.29, 0.717) is 18.5 Å². The third-order valence-corrected chi connectivity index (χ3v) is 3.68. The van der Waals surface area contributed by atoms with E-state index >= 15 is 0 Å². The van der Waals surface area contributed by atoms with Crippen LogP contribution >= 0.6 is 0 Å².